The number of pyridine rings is 1. The van der Waals surface area contributed by atoms with Crippen LogP contribution in [0.4, 0.5) is 8.78 Å². The zero-order chi connectivity index (χ0) is 14.7. The summed E-state index contributed by atoms with van der Waals surface area (Å²) >= 11 is 0. The quantitative estimate of drug-likeness (QED) is 0.871. The second kappa shape index (κ2) is 5.43. The molecular weight excluding hydrogens is 276 g/mol. The number of H-pyrrole nitrogens is 1. The Morgan fingerprint density at radius 2 is 2.15 bits per heavy atom. The van der Waals surface area contributed by atoms with E-state index in [9.17, 15) is 18.4 Å². The maximum Gasteiger partial charge on any atom is 0.387 e. The number of carboxylic acids is 1. The molecule has 104 valence electrons. The molecule has 0 atom stereocenters. The number of aromatic amines is 1. The van der Waals surface area contributed by atoms with Gasteiger partial charge < -0.3 is 14.8 Å². The van der Waals surface area contributed by atoms with E-state index in [-0.39, 0.29) is 17.3 Å². The van der Waals surface area contributed by atoms with E-state index in [0.717, 1.165) is 12.3 Å². The maximum atomic E-state index is 12.0. The Morgan fingerprint density at radius 3 is 2.70 bits per heavy atom. The Bertz CT molecular complexity index is 685. The van der Waals surface area contributed by atoms with Crippen molar-refractivity contribution in [2.24, 2.45) is 0 Å². The molecule has 2 aromatic heterocycles. The number of carbonyl (C=O) groups is 1. The first kappa shape index (κ1) is 13.6. The van der Waals surface area contributed by atoms with Crippen molar-refractivity contribution in [1.29, 1.82) is 0 Å². The van der Waals surface area contributed by atoms with Crippen molar-refractivity contribution < 1.29 is 23.4 Å². The second-order valence-corrected chi connectivity index (χ2v) is 3.54. The van der Waals surface area contributed by atoms with Gasteiger partial charge in [-0.05, 0) is 12.1 Å². The van der Waals surface area contributed by atoms with Gasteiger partial charge in [-0.2, -0.15) is 8.78 Å². The molecule has 0 bridgehead atoms. The highest BCUT2D eigenvalue weighted by atomic mass is 19.3. The fraction of sp³-hybridized carbons (Fsp3) is 0.0909. The first-order valence-electron chi connectivity index (χ1n) is 5.21. The molecule has 0 aromatic carbocycles. The molecule has 0 saturated heterocycles. The minimum atomic E-state index is -2.98. The standard InChI is InChI=1S/C11H7F2N3O4/c12-11(13)20-5-1-2-6(14-4-5)9-15-7(10(18)19)3-8(17)16-9/h1-4,11H,(H,18,19)(H,15,16,17). The van der Waals surface area contributed by atoms with Crippen molar-refractivity contribution in [1.82, 2.24) is 15.0 Å². The summed E-state index contributed by atoms with van der Waals surface area (Å²) in [6.45, 7) is -2.98. The van der Waals surface area contributed by atoms with Gasteiger partial charge in [0.05, 0.1) is 6.20 Å². The minimum Gasteiger partial charge on any atom is -0.477 e. The van der Waals surface area contributed by atoms with E-state index >= 15 is 0 Å². The summed E-state index contributed by atoms with van der Waals surface area (Å²) in [5.41, 5.74) is -0.993. The first-order valence-corrected chi connectivity index (χ1v) is 5.21. The number of hydrogen-bond acceptors (Lipinski definition) is 5. The summed E-state index contributed by atoms with van der Waals surface area (Å²) in [7, 11) is 0. The van der Waals surface area contributed by atoms with Crippen LogP contribution in [0.2, 0.25) is 0 Å². The zero-order valence-corrected chi connectivity index (χ0v) is 9.71. The first-order chi connectivity index (χ1) is 9.45. The van der Waals surface area contributed by atoms with E-state index in [1.807, 2.05) is 0 Å². The Hall–Kier alpha value is -2.84. The van der Waals surface area contributed by atoms with Crippen molar-refractivity contribution in [3.8, 4) is 17.3 Å². The van der Waals surface area contributed by atoms with Crippen LogP contribution in [-0.2, 0) is 0 Å². The number of rotatable bonds is 4. The van der Waals surface area contributed by atoms with Gasteiger partial charge in [-0.1, -0.05) is 0 Å². The summed E-state index contributed by atoms with van der Waals surface area (Å²) in [6, 6.07) is 3.28. The van der Waals surface area contributed by atoms with Crippen molar-refractivity contribution in [2.45, 2.75) is 6.61 Å². The van der Waals surface area contributed by atoms with E-state index in [1.165, 1.54) is 12.1 Å². The predicted molar refractivity (Wildman–Crippen MR) is 61.7 cm³/mol. The SMILES string of the molecule is O=C(O)c1cc(=O)[nH]c(-c2ccc(OC(F)F)cn2)n1. The third-order valence-electron chi connectivity index (χ3n) is 2.16. The smallest absolute Gasteiger partial charge is 0.387 e. The van der Waals surface area contributed by atoms with Crippen molar-refractivity contribution in [3.63, 3.8) is 0 Å². The van der Waals surface area contributed by atoms with Crippen LogP contribution in [0.25, 0.3) is 11.5 Å². The molecule has 2 aromatic rings. The normalized spacial score (nSPS) is 10.6. The molecule has 2 heterocycles. The fourth-order valence-corrected chi connectivity index (χ4v) is 1.38. The van der Waals surface area contributed by atoms with Gasteiger partial charge in [0.1, 0.15) is 11.4 Å². The molecule has 0 aliphatic carbocycles. The monoisotopic (exact) mass is 283 g/mol. The zero-order valence-electron chi connectivity index (χ0n) is 9.71. The number of hydrogen-bond donors (Lipinski definition) is 2. The van der Waals surface area contributed by atoms with Crippen LogP contribution in [-0.4, -0.2) is 32.6 Å². The molecule has 9 heteroatoms. The molecule has 20 heavy (non-hydrogen) atoms. The highest BCUT2D eigenvalue weighted by molar-refractivity contribution is 5.85. The topological polar surface area (TPSA) is 105 Å². The molecule has 0 unspecified atom stereocenters. The molecule has 0 spiro atoms. The highest BCUT2D eigenvalue weighted by Crippen LogP contribution is 2.17. The Kier molecular flexibility index (Phi) is 3.69. The van der Waals surface area contributed by atoms with E-state index in [0.29, 0.717) is 0 Å². The van der Waals surface area contributed by atoms with Gasteiger partial charge in [-0.15, -0.1) is 0 Å². The molecule has 0 aliphatic heterocycles. The molecule has 0 saturated carbocycles. The number of halogens is 2. The summed E-state index contributed by atoms with van der Waals surface area (Å²) < 4.78 is 28.0. The third-order valence-corrected chi connectivity index (χ3v) is 2.16. The number of alkyl halides is 2. The van der Waals surface area contributed by atoms with Gasteiger partial charge in [0, 0.05) is 6.07 Å². The molecule has 0 amide bonds. The average Bonchev–Trinajstić information content (AvgIpc) is 2.38. The maximum absolute atomic E-state index is 12.0. The van der Waals surface area contributed by atoms with E-state index in [2.05, 4.69) is 19.7 Å². The molecule has 0 fully saturated rings. The Balaban J connectivity index is 2.36. The summed E-state index contributed by atoms with van der Waals surface area (Å²) in [5, 5.41) is 8.78. The number of aromatic nitrogens is 3. The van der Waals surface area contributed by atoms with Gasteiger partial charge in [-0.25, -0.2) is 14.8 Å². The van der Waals surface area contributed by atoms with E-state index in [1.54, 1.807) is 0 Å². The number of carboxylic acid groups (broad SMARTS) is 1. The number of aromatic carboxylic acids is 1. The Labute approximate surface area is 109 Å². The summed E-state index contributed by atoms with van der Waals surface area (Å²) in [5.74, 6) is -1.62. The van der Waals surface area contributed by atoms with Crippen molar-refractivity contribution in [2.75, 3.05) is 0 Å². The number of ether oxygens (including phenoxy) is 1. The van der Waals surface area contributed by atoms with Crippen LogP contribution in [0.15, 0.2) is 29.2 Å². The fourth-order valence-electron chi connectivity index (χ4n) is 1.38. The van der Waals surface area contributed by atoms with Crippen molar-refractivity contribution >= 4 is 5.97 Å². The van der Waals surface area contributed by atoms with Gasteiger partial charge in [-0.3, -0.25) is 4.79 Å². The van der Waals surface area contributed by atoms with E-state index in [4.69, 9.17) is 5.11 Å². The van der Waals surface area contributed by atoms with Gasteiger partial charge >= 0.3 is 12.6 Å². The largest absolute Gasteiger partial charge is 0.477 e. The molecule has 2 N–H and O–H groups in total. The van der Waals surface area contributed by atoms with Crippen LogP contribution >= 0.6 is 0 Å². The van der Waals surface area contributed by atoms with Crippen LogP contribution in [0.1, 0.15) is 10.5 Å². The molecule has 7 nitrogen and oxygen atoms in total. The summed E-state index contributed by atoms with van der Waals surface area (Å²) in [4.78, 5) is 31.8. The highest BCUT2D eigenvalue weighted by Gasteiger charge is 2.11. The summed E-state index contributed by atoms with van der Waals surface area (Å²) in [6.07, 6.45) is 1.01. The molecule has 0 aliphatic rings. The van der Waals surface area contributed by atoms with Crippen LogP contribution in [0, 0.1) is 0 Å². The lowest BCUT2D eigenvalue weighted by atomic mass is 10.3. The lowest BCUT2D eigenvalue weighted by Gasteiger charge is -2.05. The average molecular weight is 283 g/mol. The number of nitrogens with zero attached hydrogens (tertiary/aromatic N) is 2. The van der Waals surface area contributed by atoms with Crippen LogP contribution < -0.4 is 10.3 Å². The second-order valence-electron chi connectivity index (χ2n) is 3.54. The van der Waals surface area contributed by atoms with E-state index < -0.39 is 23.8 Å². The lowest BCUT2D eigenvalue weighted by Crippen LogP contribution is -2.14. The molecular formula is C11H7F2N3O4. The molecule has 0 radical (unpaired) electrons. The van der Waals surface area contributed by atoms with Crippen LogP contribution in [0.5, 0.6) is 5.75 Å². The molecule has 2 rings (SSSR count). The lowest BCUT2D eigenvalue weighted by molar-refractivity contribution is -0.0500. The Morgan fingerprint density at radius 1 is 1.40 bits per heavy atom. The van der Waals surface area contributed by atoms with Gasteiger partial charge in [0.2, 0.25) is 0 Å². The van der Waals surface area contributed by atoms with Crippen molar-refractivity contribution in [3.05, 3.63) is 40.4 Å². The third kappa shape index (κ3) is 3.13. The van der Waals surface area contributed by atoms with Gasteiger partial charge in [0.15, 0.2) is 11.5 Å². The minimum absolute atomic E-state index is 0.0847. The number of nitrogens with one attached hydrogen (secondary N) is 1. The van der Waals surface area contributed by atoms with Crippen LogP contribution in [0.3, 0.4) is 0 Å². The van der Waals surface area contributed by atoms with Gasteiger partial charge in [0.25, 0.3) is 5.56 Å². The predicted octanol–water partition coefficient (Wildman–Crippen LogP) is 1.13.